The van der Waals surface area contributed by atoms with Crippen molar-refractivity contribution in [3.63, 3.8) is 0 Å². The lowest BCUT2D eigenvalue weighted by atomic mass is 10.2. The van der Waals surface area contributed by atoms with Gasteiger partial charge in [0.1, 0.15) is 6.54 Å². The minimum absolute atomic E-state index is 0.579. The van der Waals surface area contributed by atoms with E-state index in [1.165, 1.54) is 24.1 Å². The van der Waals surface area contributed by atoms with E-state index in [4.69, 9.17) is 6.42 Å². The highest BCUT2D eigenvalue weighted by atomic mass is 32.1. The van der Waals surface area contributed by atoms with Crippen LogP contribution in [0.5, 0.6) is 0 Å². The summed E-state index contributed by atoms with van der Waals surface area (Å²) in [5.74, 6) is 3.36. The van der Waals surface area contributed by atoms with Gasteiger partial charge >= 0.3 is 0 Å². The molecule has 0 amide bonds. The molecule has 0 radical (unpaired) electrons. The number of hydrogen-bond donors (Lipinski definition) is 0. The Morgan fingerprint density at radius 1 is 1.56 bits per heavy atom. The second kappa shape index (κ2) is 3.80. The highest BCUT2D eigenvalue weighted by molar-refractivity contribution is 7.08. The van der Waals surface area contributed by atoms with E-state index in [2.05, 4.69) is 33.9 Å². The number of hydrogen-bond acceptors (Lipinski definition) is 2. The van der Waals surface area contributed by atoms with Gasteiger partial charge in [0, 0.05) is 22.6 Å². The summed E-state index contributed by atoms with van der Waals surface area (Å²) in [5.41, 5.74) is 3.56. The van der Waals surface area contributed by atoms with Gasteiger partial charge in [-0.05, 0) is 30.4 Å². The average Bonchev–Trinajstić information content (AvgIpc) is 2.82. The number of aromatic nitrogens is 2. The first kappa shape index (κ1) is 9.68. The van der Waals surface area contributed by atoms with E-state index in [1.807, 2.05) is 4.68 Å². The zero-order chi connectivity index (χ0) is 11.0. The predicted molar refractivity (Wildman–Crippen MR) is 66.3 cm³/mol. The normalized spacial score (nSPS) is 14.9. The lowest BCUT2D eigenvalue weighted by Crippen LogP contribution is -2.02. The molecule has 2 heterocycles. The Morgan fingerprint density at radius 2 is 2.44 bits per heavy atom. The minimum atomic E-state index is 0.579. The second-order valence-electron chi connectivity index (χ2n) is 4.10. The lowest BCUT2D eigenvalue weighted by molar-refractivity contribution is 0.672. The lowest BCUT2D eigenvalue weighted by Gasteiger charge is -2.00. The summed E-state index contributed by atoms with van der Waals surface area (Å²) in [5, 5.41) is 8.78. The summed E-state index contributed by atoms with van der Waals surface area (Å²) in [6, 6.07) is 4.29. The van der Waals surface area contributed by atoms with Crippen LogP contribution < -0.4 is 0 Å². The van der Waals surface area contributed by atoms with Crippen LogP contribution in [0.4, 0.5) is 0 Å². The zero-order valence-electron chi connectivity index (χ0n) is 8.89. The van der Waals surface area contributed by atoms with Crippen LogP contribution in [0.1, 0.15) is 24.5 Å². The van der Waals surface area contributed by atoms with E-state index in [0.29, 0.717) is 12.5 Å². The van der Waals surface area contributed by atoms with Crippen molar-refractivity contribution in [3.05, 3.63) is 28.6 Å². The van der Waals surface area contributed by atoms with Gasteiger partial charge < -0.3 is 0 Å². The van der Waals surface area contributed by atoms with Gasteiger partial charge in [0.2, 0.25) is 0 Å². The topological polar surface area (TPSA) is 17.8 Å². The maximum Gasteiger partial charge on any atom is 0.102 e. The van der Waals surface area contributed by atoms with E-state index >= 15 is 0 Å². The Kier molecular flexibility index (Phi) is 2.30. The quantitative estimate of drug-likeness (QED) is 0.738. The van der Waals surface area contributed by atoms with Gasteiger partial charge in [-0.2, -0.15) is 16.4 Å². The first-order valence-electron chi connectivity index (χ1n) is 5.42. The summed E-state index contributed by atoms with van der Waals surface area (Å²) < 4.78 is 1.98. The SMILES string of the molecule is C#CCn1nc(-c2ccsc2)cc1C1CC1. The predicted octanol–water partition coefficient (Wildman–Crippen LogP) is 3.12. The third-order valence-electron chi connectivity index (χ3n) is 2.86. The molecule has 0 unspecified atom stereocenters. The van der Waals surface area contributed by atoms with Crippen LogP contribution in [0.2, 0.25) is 0 Å². The molecule has 1 saturated carbocycles. The van der Waals surface area contributed by atoms with Crippen LogP contribution in [-0.2, 0) is 6.54 Å². The van der Waals surface area contributed by atoms with Crippen LogP contribution in [0.25, 0.3) is 11.3 Å². The summed E-state index contributed by atoms with van der Waals surface area (Å²) in [6.07, 6.45) is 7.92. The van der Waals surface area contributed by atoms with Crippen molar-refractivity contribution in [2.75, 3.05) is 0 Å². The Hall–Kier alpha value is -1.53. The smallest absolute Gasteiger partial charge is 0.102 e. The number of terminal acetylenes is 1. The van der Waals surface area contributed by atoms with Crippen molar-refractivity contribution in [1.29, 1.82) is 0 Å². The molecule has 80 valence electrons. The third kappa shape index (κ3) is 1.66. The van der Waals surface area contributed by atoms with E-state index < -0.39 is 0 Å². The Morgan fingerprint density at radius 3 is 3.06 bits per heavy atom. The molecule has 1 aliphatic rings. The first-order valence-corrected chi connectivity index (χ1v) is 6.36. The van der Waals surface area contributed by atoms with Gasteiger partial charge in [0.15, 0.2) is 0 Å². The standard InChI is InChI=1S/C13H12N2S/c1-2-6-15-13(10-3-4-10)8-12(14-15)11-5-7-16-9-11/h1,5,7-10H,3-4,6H2. The molecule has 3 rings (SSSR count). The molecule has 0 aromatic carbocycles. The van der Waals surface area contributed by atoms with Gasteiger partial charge in [-0.1, -0.05) is 5.92 Å². The van der Waals surface area contributed by atoms with E-state index in [9.17, 15) is 0 Å². The van der Waals surface area contributed by atoms with Crippen molar-refractivity contribution in [2.45, 2.75) is 25.3 Å². The summed E-state index contributed by atoms with van der Waals surface area (Å²) in [7, 11) is 0. The third-order valence-corrected chi connectivity index (χ3v) is 3.55. The second-order valence-corrected chi connectivity index (χ2v) is 4.88. The van der Waals surface area contributed by atoms with E-state index in [1.54, 1.807) is 11.3 Å². The molecule has 2 aromatic rings. The highest BCUT2D eigenvalue weighted by Gasteiger charge is 2.28. The summed E-state index contributed by atoms with van der Waals surface area (Å²) >= 11 is 1.70. The fourth-order valence-corrected chi connectivity index (χ4v) is 2.55. The maximum absolute atomic E-state index is 5.37. The maximum atomic E-state index is 5.37. The summed E-state index contributed by atoms with van der Waals surface area (Å²) in [6.45, 7) is 0.579. The average molecular weight is 228 g/mol. The Labute approximate surface area is 98.9 Å². The molecule has 0 spiro atoms. The van der Waals surface area contributed by atoms with Crippen LogP contribution in [0, 0.1) is 12.3 Å². The monoisotopic (exact) mass is 228 g/mol. The van der Waals surface area contributed by atoms with Gasteiger partial charge in [0.05, 0.1) is 5.69 Å². The zero-order valence-corrected chi connectivity index (χ0v) is 9.70. The fourth-order valence-electron chi connectivity index (χ4n) is 1.90. The molecule has 2 nitrogen and oxygen atoms in total. The molecular formula is C13H12N2S. The molecule has 0 aliphatic heterocycles. The molecule has 0 bridgehead atoms. The number of nitrogens with zero attached hydrogens (tertiary/aromatic N) is 2. The molecule has 0 atom stereocenters. The summed E-state index contributed by atoms with van der Waals surface area (Å²) in [4.78, 5) is 0. The number of thiophene rings is 1. The van der Waals surface area contributed by atoms with E-state index in [0.717, 1.165) is 5.69 Å². The van der Waals surface area contributed by atoms with Crippen molar-refractivity contribution >= 4 is 11.3 Å². The van der Waals surface area contributed by atoms with Crippen molar-refractivity contribution in [2.24, 2.45) is 0 Å². The molecule has 3 heteroatoms. The molecule has 1 aliphatic carbocycles. The van der Waals surface area contributed by atoms with E-state index in [-0.39, 0.29) is 0 Å². The first-order chi connectivity index (χ1) is 7.88. The molecule has 0 saturated heterocycles. The molecule has 2 aromatic heterocycles. The van der Waals surface area contributed by atoms with Gasteiger partial charge in [0.25, 0.3) is 0 Å². The van der Waals surface area contributed by atoms with Crippen molar-refractivity contribution in [1.82, 2.24) is 9.78 Å². The van der Waals surface area contributed by atoms with Crippen LogP contribution in [0.3, 0.4) is 0 Å². The van der Waals surface area contributed by atoms with Gasteiger partial charge in [-0.15, -0.1) is 6.42 Å². The van der Waals surface area contributed by atoms with Crippen molar-refractivity contribution < 1.29 is 0 Å². The molecular weight excluding hydrogens is 216 g/mol. The molecule has 16 heavy (non-hydrogen) atoms. The highest BCUT2D eigenvalue weighted by Crippen LogP contribution is 2.41. The largest absolute Gasteiger partial charge is 0.257 e. The number of rotatable bonds is 3. The van der Waals surface area contributed by atoms with Crippen molar-refractivity contribution in [3.8, 4) is 23.6 Å². The molecule has 0 N–H and O–H groups in total. The Balaban J connectivity index is 2.01. The molecule has 1 fully saturated rings. The fraction of sp³-hybridized carbons (Fsp3) is 0.308. The van der Waals surface area contributed by atoms with Crippen LogP contribution in [-0.4, -0.2) is 9.78 Å². The minimum Gasteiger partial charge on any atom is -0.257 e. The van der Waals surface area contributed by atoms with Crippen LogP contribution >= 0.6 is 11.3 Å². The van der Waals surface area contributed by atoms with Crippen LogP contribution in [0.15, 0.2) is 22.9 Å². The van der Waals surface area contributed by atoms with Gasteiger partial charge in [-0.3, -0.25) is 4.68 Å². The Bertz CT molecular complexity index is 527. The van der Waals surface area contributed by atoms with Gasteiger partial charge in [-0.25, -0.2) is 0 Å².